The molecule has 1 amide bonds. The highest BCUT2D eigenvalue weighted by Gasteiger charge is 2.25. The van der Waals surface area contributed by atoms with Crippen LogP contribution in [0.5, 0.6) is 0 Å². The number of imidazole rings is 1. The lowest BCUT2D eigenvalue weighted by molar-refractivity contribution is -0.131. The third-order valence-corrected chi connectivity index (χ3v) is 5.14. The summed E-state index contributed by atoms with van der Waals surface area (Å²) in [4.78, 5) is 29.7. The number of benzene rings is 2. The second-order valence-corrected chi connectivity index (χ2v) is 6.85. The quantitative estimate of drug-likeness (QED) is 0.711. The highest BCUT2D eigenvalue weighted by atomic mass is 16.2. The van der Waals surface area contributed by atoms with Crippen LogP contribution in [0.4, 0.5) is 5.69 Å². The molecule has 1 aromatic heterocycles. The van der Waals surface area contributed by atoms with Gasteiger partial charge >= 0.3 is 5.69 Å². The van der Waals surface area contributed by atoms with Gasteiger partial charge in [-0.2, -0.15) is 0 Å². The molecule has 26 heavy (non-hydrogen) atoms. The van der Waals surface area contributed by atoms with Crippen LogP contribution in [0.2, 0.25) is 0 Å². The molecule has 3 aromatic rings. The lowest BCUT2D eigenvalue weighted by Crippen LogP contribution is -2.41. The molecule has 1 fully saturated rings. The van der Waals surface area contributed by atoms with Gasteiger partial charge in [0.2, 0.25) is 5.91 Å². The van der Waals surface area contributed by atoms with Crippen LogP contribution < -0.4 is 11.4 Å². The molecule has 1 aliphatic rings. The number of anilines is 1. The van der Waals surface area contributed by atoms with Crippen molar-refractivity contribution < 1.29 is 4.79 Å². The molecule has 2 aromatic carbocycles. The van der Waals surface area contributed by atoms with E-state index in [1.54, 1.807) is 0 Å². The van der Waals surface area contributed by atoms with Crippen LogP contribution in [0.15, 0.2) is 53.3 Å². The summed E-state index contributed by atoms with van der Waals surface area (Å²) in [6.07, 6.45) is 1.96. The van der Waals surface area contributed by atoms with Gasteiger partial charge in [-0.3, -0.25) is 9.36 Å². The molecular formula is C20H22N4O2. The number of para-hydroxylation sites is 2. The molecule has 0 radical (unpaired) electrons. The van der Waals surface area contributed by atoms with Crippen LogP contribution in [0.25, 0.3) is 11.0 Å². The molecule has 0 bridgehead atoms. The standard InChI is InChI=1S/C20H22N4O2/c21-15-7-5-14(6-8-15)13-19(25)23-11-9-16(10-12-23)24-18-4-2-1-3-17(18)22-20(24)26/h1-8,16H,9-13,21H2,(H,22,26). The van der Waals surface area contributed by atoms with Crippen molar-refractivity contribution in [2.75, 3.05) is 18.8 Å². The molecule has 3 N–H and O–H groups in total. The average Bonchev–Trinajstić information content (AvgIpc) is 2.99. The van der Waals surface area contributed by atoms with E-state index in [1.807, 2.05) is 58.0 Å². The summed E-state index contributed by atoms with van der Waals surface area (Å²) >= 11 is 0. The predicted octanol–water partition coefficient (Wildman–Crippen LogP) is 2.32. The number of fused-ring (bicyclic) bond motifs is 1. The Labute approximate surface area is 151 Å². The first-order chi connectivity index (χ1) is 12.6. The van der Waals surface area contributed by atoms with Gasteiger partial charge in [0.25, 0.3) is 0 Å². The van der Waals surface area contributed by atoms with Gasteiger partial charge in [0, 0.05) is 24.8 Å². The smallest absolute Gasteiger partial charge is 0.326 e. The number of hydrogen-bond donors (Lipinski definition) is 2. The Morgan fingerprint density at radius 3 is 2.50 bits per heavy atom. The van der Waals surface area contributed by atoms with Crippen molar-refractivity contribution in [1.82, 2.24) is 14.5 Å². The van der Waals surface area contributed by atoms with Gasteiger partial charge in [0.15, 0.2) is 0 Å². The van der Waals surface area contributed by atoms with Crippen LogP contribution in [0.3, 0.4) is 0 Å². The second-order valence-electron chi connectivity index (χ2n) is 6.85. The summed E-state index contributed by atoms with van der Waals surface area (Å²) < 4.78 is 1.84. The Morgan fingerprint density at radius 1 is 1.08 bits per heavy atom. The van der Waals surface area contributed by atoms with Crippen LogP contribution in [0.1, 0.15) is 24.4 Å². The number of carbonyl (C=O) groups excluding carboxylic acids is 1. The fraction of sp³-hybridized carbons (Fsp3) is 0.300. The van der Waals surface area contributed by atoms with E-state index in [1.165, 1.54) is 0 Å². The van der Waals surface area contributed by atoms with E-state index in [-0.39, 0.29) is 17.6 Å². The fourth-order valence-corrected chi connectivity index (χ4v) is 3.73. The Bertz CT molecular complexity index is 979. The Balaban J connectivity index is 1.43. The van der Waals surface area contributed by atoms with Gasteiger partial charge in [-0.05, 0) is 42.7 Å². The molecule has 1 saturated heterocycles. The van der Waals surface area contributed by atoms with Crippen molar-refractivity contribution in [2.24, 2.45) is 0 Å². The molecule has 0 aliphatic carbocycles. The van der Waals surface area contributed by atoms with Gasteiger partial charge in [-0.15, -0.1) is 0 Å². The van der Waals surface area contributed by atoms with Crippen LogP contribution in [-0.2, 0) is 11.2 Å². The third kappa shape index (κ3) is 3.10. The molecular weight excluding hydrogens is 328 g/mol. The summed E-state index contributed by atoms with van der Waals surface area (Å²) in [6, 6.07) is 15.3. The maximum Gasteiger partial charge on any atom is 0.326 e. The van der Waals surface area contributed by atoms with Gasteiger partial charge in [-0.25, -0.2) is 4.79 Å². The largest absolute Gasteiger partial charge is 0.399 e. The molecule has 134 valence electrons. The zero-order valence-corrected chi connectivity index (χ0v) is 14.5. The average molecular weight is 350 g/mol. The number of aromatic nitrogens is 2. The number of rotatable bonds is 3. The maximum absolute atomic E-state index is 12.5. The molecule has 1 aliphatic heterocycles. The van der Waals surface area contributed by atoms with Crippen LogP contribution in [0, 0.1) is 0 Å². The Kier molecular flexibility index (Phi) is 4.24. The first-order valence-electron chi connectivity index (χ1n) is 8.93. The van der Waals surface area contributed by atoms with E-state index in [9.17, 15) is 9.59 Å². The molecule has 0 unspecified atom stereocenters. The van der Waals surface area contributed by atoms with Gasteiger partial charge in [-0.1, -0.05) is 24.3 Å². The lowest BCUT2D eigenvalue weighted by atomic mass is 10.0. The van der Waals surface area contributed by atoms with E-state index >= 15 is 0 Å². The van der Waals surface area contributed by atoms with Crippen molar-refractivity contribution in [1.29, 1.82) is 0 Å². The number of H-pyrrole nitrogens is 1. The minimum Gasteiger partial charge on any atom is -0.399 e. The van der Waals surface area contributed by atoms with E-state index < -0.39 is 0 Å². The zero-order chi connectivity index (χ0) is 18.1. The number of likely N-dealkylation sites (tertiary alicyclic amines) is 1. The molecule has 6 nitrogen and oxygen atoms in total. The maximum atomic E-state index is 12.5. The normalized spacial score (nSPS) is 15.5. The molecule has 0 saturated carbocycles. The van der Waals surface area contributed by atoms with E-state index in [4.69, 9.17) is 5.73 Å². The number of nitrogens with two attached hydrogens (primary N) is 1. The highest BCUT2D eigenvalue weighted by molar-refractivity contribution is 5.79. The molecule has 0 spiro atoms. The Morgan fingerprint density at radius 2 is 1.77 bits per heavy atom. The zero-order valence-electron chi connectivity index (χ0n) is 14.5. The number of hydrogen-bond acceptors (Lipinski definition) is 3. The summed E-state index contributed by atoms with van der Waals surface area (Å²) in [5.74, 6) is 0.125. The van der Waals surface area contributed by atoms with Crippen molar-refractivity contribution in [2.45, 2.75) is 25.3 Å². The second kappa shape index (κ2) is 6.71. The number of aromatic amines is 1. The first kappa shape index (κ1) is 16.4. The topological polar surface area (TPSA) is 84.1 Å². The minimum absolute atomic E-state index is 0.0714. The molecule has 0 atom stereocenters. The third-order valence-electron chi connectivity index (χ3n) is 5.14. The fourth-order valence-electron chi connectivity index (χ4n) is 3.73. The summed E-state index contributed by atoms with van der Waals surface area (Å²) in [6.45, 7) is 1.34. The van der Waals surface area contributed by atoms with Crippen LogP contribution in [-0.4, -0.2) is 33.4 Å². The van der Waals surface area contributed by atoms with Crippen LogP contribution >= 0.6 is 0 Å². The highest BCUT2D eigenvalue weighted by Crippen LogP contribution is 2.25. The number of nitrogens with zero attached hydrogens (tertiary/aromatic N) is 2. The van der Waals surface area contributed by atoms with Crippen molar-refractivity contribution in [3.05, 3.63) is 64.6 Å². The van der Waals surface area contributed by atoms with Crippen molar-refractivity contribution in [3.8, 4) is 0 Å². The van der Waals surface area contributed by atoms with Gasteiger partial charge in [0.1, 0.15) is 0 Å². The summed E-state index contributed by atoms with van der Waals surface area (Å²) in [7, 11) is 0. The minimum atomic E-state index is -0.0714. The van der Waals surface area contributed by atoms with E-state index in [0.29, 0.717) is 25.2 Å². The Hall–Kier alpha value is -3.02. The predicted molar refractivity (Wildman–Crippen MR) is 102 cm³/mol. The van der Waals surface area contributed by atoms with Crippen molar-refractivity contribution >= 4 is 22.6 Å². The van der Waals surface area contributed by atoms with E-state index in [0.717, 1.165) is 29.4 Å². The number of amides is 1. The van der Waals surface area contributed by atoms with Gasteiger partial charge < -0.3 is 15.6 Å². The molecule has 2 heterocycles. The monoisotopic (exact) mass is 350 g/mol. The number of piperidine rings is 1. The SMILES string of the molecule is Nc1ccc(CC(=O)N2CCC(n3c(=O)[nH]c4ccccc43)CC2)cc1. The number of carbonyl (C=O) groups is 1. The molecule has 4 rings (SSSR count). The van der Waals surface area contributed by atoms with Gasteiger partial charge in [0.05, 0.1) is 17.5 Å². The summed E-state index contributed by atoms with van der Waals surface area (Å²) in [5.41, 5.74) is 9.08. The summed E-state index contributed by atoms with van der Waals surface area (Å²) in [5, 5.41) is 0. The first-order valence-corrected chi connectivity index (χ1v) is 8.93. The van der Waals surface area contributed by atoms with Crippen molar-refractivity contribution in [3.63, 3.8) is 0 Å². The lowest BCUT2D eigenvalue weighted by Gasteiger charge is -2.32. The number of nitrogens with one attached hydrogen (secondary N) is 1. The van der Waals surface area contributed by atoms with E-state index in [2.05, 4.69) is 4.98 Å². The molecule has 6 heteroatoms. The number of nitrogen functional groups attached to an aromatic ring is 1.